The normalized spacial score (nSPS) is 22.4. The predicted octanol–water partition coefficient (Wildman–Crippen LogP) is 1.02. The van der Waals surface area contributed by atoms with Gasteiger partial charge in [-0.25, -0.2) is 4.98 Å². The summed E-state index contributed by atoms with van der Waals surface area (Å²) < 4.78 is 0. The van der Waals surface area contributed by atoms with Gasteiger partial charge < -0.3 is 14.7 Å². The zero-order chi connectivity index (χ0) is 17.1. The van der Waals surface area contributed by atoms with E-state index in [4.69, 9.17) is 11.6 Å². The van der Waals surface area contributed by atoms with Crippen molar-refractivity contribution in [3.05, 3.63) is 23.4 Å². The lowest BCUT2D eigenvalue weighted by atomic mass is 10.2. The SMILES string of the molecule is CN(C)[C@H]1CCN(CC(=O)N2CCN(c3ncccc3Cl)CC2)C1. The van der Waals surface area contributed by atoms with Crippen molar-refractivity contribution in [2.75, 3.05) is 64.8 Å². The van der Waals surface area contributed by atoms with Crippen molar-refractivity contribution in [2.45, 2.75) is 12.5 Å². The fraction of sp³-hybridized carbons (Fsp3) is 0.647. The summed E-state index contributed by atoms with van der Waals surface area (Å²) in [6, 6.07) is 4.26. The summed E-state index contributed by atoms with van der Waals surface area (Å²) in [7, 11) is 4.22. The first kappa shape index (κ1) is 17.5. The summed E-state index contributed by atoms with van der Waals surface area (Å²) in [6.07, 6.45) is 2.90. The number of hydrogen-bond acceptors (Lipinski definition) is 5. The molecule has 2 aliphatic heterocycles. The average molecular weight is 352 g/mol. The molecule has 0 aliphatic carbocycles. The maximum Gasteiger partial charge on any atom is 0.236 e. The monoisotopic (exact) mass is 351 g/mol. The van der Waals surface area contributed by atoms with Crippen molar-refractivity contribution in [1.82, 2.24) is 19.7 Å². The van der Waals surface area contributed by atoms with Gasteiger partial charge in [0.25, 0.3) is 0 Å². The molecule has 1 atom stereocenters. The van der Waals surface area contributed by atoms with Crippen molar-refractivity contribution in [2.24, 2.45) is 0 Å². The summed E-state index contributed by atoms with van der Waals surface area (Å²) in [5, 5.41) is 0.670. The summed E-state index contributed by atoms with van der Waals surface area (Å²) in [5.41, 5.74) is 0. The number of anilines is 1. The second kappa shape index (κ2) is 7.68. The van der Waals surface area contributed by atoms with Crippen LogP contribution in [0, 0.1) is 0 Å². The van der Waals surface area contributed by atoms with Gasteiger partial charge in [0.2, 0.25) is 5.91 Å². The number of amides is 1. The number of aromatic nitrogens is 1. The Hall–Kier alpha value is -1.37. The number of likely N-dealkylation sites (tertiary alicyclic amines) is 1. The van der Waals surface area contributed by atoms with Gasteiger partial charge in [-0.15, -0.1) is 0 Å². The molecule has 3 rings (SSSR count). The number of rotatable bonds is 4. The molecule has 0 spiro atoms. The van der Waals surface area contributed by atoms with E-state index in [1.807, 2.05) is 17.0 Å². The van der Waals surface area contributed by atoms with E-state index in [0.29, 0.717) is 17.6 Å². The summed E-state index contributed by atoms with van der Waals surface area (Å²) in [4.78, 5) is 25.6. The molecule has 1 amide bonds. The molecule has 0 N–H and O–H groups in total. The Balaban J connectivity index is 1.48. The molecule has 2 fully saturated rings. The van der Waals surface area contributed by atoms with E-state index in [1.54, 1.807) is 6.20 Å². The van der Waals surface area contributed by atoms with Gasteiger partial charge in [-0.3, -0.25) is 9.69 Å². The van der Waals surface area contributed by atoms with Gasteiger partial charge in [0.1, 0.15) is 5.82 Å². The van der Waals surface area contributed by atoms with Crippen molar-refractivity contribution in [3.63, 3.8) is 0 Å². The van der Waals surface area contributed by atoms with Crippen molar-refractivity contribution >= 4 is 23.3 Å². The van der Waals surface area contributed by atoms with Gasteiger partial charge in [0.15, 0.2) is 0 Å². The Morgan fingerprint density at radius 3 is 2.67 bits per heavy atom. The lowest BCUT2D eigenvalue weighted by Crippen LogP contribution is -2.51. The minimum Gasteiger partial charge on any atom is -0.352 e. The van der Waals surface area contributed by atoms with Crippen LogP contribution >= 0.6 is 11.6 Å². The smallest absolute Gasteiger partial charge is 0.236 e. The van der Waals surface area contributed by atoms with E-state index in [1.165, 1.54) is 0 Å². The molecule has 132 valence electrons. The number of carbonyl (C=O) groups excluding carboxylic acids is 1. The lowest BCUT2D eigenvalue weighted by Gasteiger charge is -2.36. The van der Waals surface area contributed by atoms with E-state index >= 15 is 0 Å². The fourth-order valence-corrected chi connectivity index (χ4v) is 3.69. The molecular formula is C17H26ClN5O. The lowest BCUT2D eigenvalue weighted by molar-refractivity contribution is -0.132. The standard InChI is InChI=1S/C17H26ClN5O/c1-20(2)14-5-7-21(12-14)13-16(24)22-8-10-23(11-9-22)17-15(18)4-3-6-19-17/h3-4,6,14H,5,7-13H2,1-2H3/t14-/m0/s1. The van der Waals surface area contributed by atoms with Crippen LogP contribution in [0.3, 0.4) is 0 Å². The fourth-order valence-electron chi connectivity index (χ4n) is 3.45. The molecule has 7 heteroatoms. The maximum atomic E-state index is 12.6. The molecular weight excluding hydrogens is 326 g/mol. The van der Waals surface area contributed by atoms with E-state index < -0.39 is 0 Å². The van der Waals surface area contributed by atoms with Crippen LogP contribution in [0.25, 0.3) is 0 Å². The predicted molar refractivity (Wildman–Crippen MR) is 96.6 cm³/mol. The van der Waals surface area contributed by atoms with Crippen LogP contribution in [0.1, 0.15) is 6.42 Å². The van der Waals surface area contributed by atoms with Gasteiger partial charge in [-0.2, -0.15) is 0 Å². The van der Waals surface area contributed by atoms with E-state index in [9.17, 15) is 4.79 Å². The first-order valence-electron chi connectivity index (χ1n) is 8.56. The van der Waals surface area contributed by atoms with Gasteiger partial charge in [-0.1, -0.05) is 11.6 Å². The first-order valence-corrected chi connectivity index (χ1v) is 8.94. The third-order valence-corrected chi connectivity index (χ3v) is 5.30. The highest BCUT2D eigenvalue weighted by atomic mass is 35.5. The van der Waals surface area contributed by atoms with Gasteiger partial charge in [0.05, 0.1) is 11.6 Å². The van der Waals surface area contributed by atoms with Crippen molar-refractivity contribution < 1.29 is 4.79 Å². The molecule has 0 saturated carbocycles. The topological polar surface area (TPSA) is 42.9 Å². The third kappa shape index (κ3) is 3.99. The highest BCUT2D eigenvalue weighted by Gasteiger charge is 2.28. The van der Waals surface area contributed by atoms with Crippen molar-refractivity contribution in [3.8, 4) is 0 Å². The summed E-state index contributed by atoms with van der Waals surface area (Å²) >= 11 is 6.21. The van der Waals surface area contributed by atoms with E-state index in [0.717, 1.165) is 51.5 Å². The Morgan fingerprint density at radius 2 is 2.04 bits per heavy atom. The zero-order valence-electron chi connectivity index (χ0n) is 14.5. The highest BCUT2D eigenvalue weighted by molar-refractivity contribution is 6.32. The van der Waals surface area contributed by atoms with Crippen LogP contribution in [0.2, 0.25) is 5.02 Å². The number of carbonyl (C=O) groups is 1. The van der Waals surface area contributed by atoms with E-state index in [-0.39, 0.29) is 5.91 Å². The second-order valence-electron chi connectivity index (χ2n) is 6.82. The van der Waals surface area contributed by atoms with Gasteiger partial charge in [0, 0.05) is 51.5 Å². The minimum absolute atomic E-state index is 0.237. The van der Waals surface area contributed by atoms with Crippen LogP contribution < -0.4 is 4.90 Å². The number of halogens is 1. The molecule has 0 unspecified atom stereocenters. The van der Waals surface area contributed by atoms with Crippen molar-refractivity contribution in [1.29, 1.82) is 0 Å². The quantitative estimate of drug-likeness (QED) is 0.810. The van der Waals surface area contributed by atoms with Gasteiger partial charge in [-0.05, 0) is 32.6 Å². The molecule has 0 radical (unpaired) electrons. The Kier molecular flexibility index (Phi) is 5.58. The molecule has 0 bridgehead atoms. The zero-order valence-corrected chi connectivity index (χ0v) is 15.2. The molecule has 2 aliphatic rings. The van der Waals surface area contributed by atoms with Crippen LogP contribution in [0.5, 0.6) is 0 Å². The number of piperazine rings is 1. The largest absolute Gasteiger partial charge is 0.352 e. The number of hydrogen-bond donors (Lipinski definition) is 0. The molecule has 0 aromatic carbocycles. The third-order valence-electron chi connectivity index (χ3n) is 5.01. The Labute approximate surface area is 149 Å². The molecule has 1 aromatic rings. The second-order valence-corrected chi connectivity index (χ2v) is 7.23. The first-order chi connectivity index (χ1) is 11.5. The van der Waals surface area contributed by atoms with E-state index in [2.05, 4.69) is 33.8 Å². The summed E-state index contributed by atoms with van der Waals surface area (Å²) in [6.45, 7) is 5.56. The minimum atomic E-state index is 0.237. The van der Waals surface area contributed by atoms with Crippen LogP contribution in [-0.2, 0) is 4.79 Å². The van der Waals surface area contributed by atoms with Crippen LogP contribution in [0.15, 0.2) is 18.3 Å². The Morgan fingerprint density at radius 1 is 1.29 bits per heavy atom. The van der Waals surface area contributed by atoms with Crippen LogP contribution in [0.4, 0.5) is 5.82 Å². The average Bonchev–Trinajstić information content (AvgIpc) is 3.04. The molecule has 2 saturated heterocycles. The molecule has 3 heterocycles. The number of nitrogens with zero attached hydrogens (tertiary/aromatic N) is 5. The number of likely N-dealkylation sites (N-methyl/N-ethyl adjacent to an activating group) is 1. The number of pyridine rings is 1. The highest BCUT2D eigenvalue weighted by Crippen LogP contribution is 2.23. The maximum absolute atomic E-state index is 12.6. The van der Waals surface area contributed by atoms with Crippen LogP contribution in [-0.4, -0.2) is 91.5 Å². The summed E-state index contributed by atoms with van der Waals surface area (Å²) in [5.74, 6) is 1.06. The molecule has 1 aromatic heterocycles. The molecule has 24 heavy (non-hydrogen) atoms. The molecule has 6 nitrogen and oxygen atoms in total. The Bertz CT molecular complexity index is 574. The van der Waals surface area contributed by atoms with Gasteiger partial charge >= 0.3 is 0 Å².